The molecule has 5 nitrogen and oxygen atoms in total. The molecule has 0 aromatic carbocycles. The van der Waals surface area contributed by atoms with Crippen molar-refractivity contribution < 1.29 is 9.53 Å². The highest BCUT2D eigenvalue weighted by Gasteiger charge is 2.25. The Kier molecular flexibility index (Phi) is 5.99. The average molecular weight is 291 g/mol. The third-order valence-corrected chi connectivity index (χ3v) is 4.14. The summed E-state index contributed by atoms with van der Waals surface area (Å²) in [6, 6.07) is 2.03. The molecule has 1 saturated carbocycles. The summed E-state index contributed by atoms with van der Waals surface area (Å²) in [6.45, 7) is 2.66. The highest BCUT2D eigenvalue weighted by molar-refractivity contribution is 5.74. The predicted molar refractivity (Wildman–Crippen MR) is 82.3 cm³/mol. The number of amides is 2. The second kappa shape index (κ2) is 7.98. The molecule has 5 heteroatoms. The maximum atomic E-state index is 12.0. The molecule has 1 aromatic heterocycles. The monoisotopic (exact) mass is 291 g/mol. The van der Waals surface area contributed by atoms with Crippen molar-refractivity contribution in [1.82, 2.24) is 15.6 Å². The molecule has 2 amide bonds. The van der Waals surface area contributed by atoms with Crippen molar-refractivity contribution in [2.45, 2.75) is 51.2 Å². The van der Waals surface area contributed by atoms with E-state index in [1.165, 1.54) is 12.0 Å². The minimum Gasteiger partial charge on any atom is -0.379 e. The minimum atomic E-state index is -0.101. The first kappa shape index (κ1) is 15.8. The molecule has 0 saturated heterocycles. The summed E-state index contributed by atoms with van der Waals surface area (Å²) in [5, 5.41) is 5.96. The number of aryl methyl sites for hydroxylation is 1. The normalized spacial score (nSPS) is 21.8. The Morgan fingerprint density at radius 3 is 3.00 bits per heavy atom. The van der Waals surface area contributed by atoms with Crippen molar-refractivity contribution in [3.63, 3.8) is 0 Å². The van der Waals surface area contributed by atoms with Crippen LogP contribution >= 0.6 is 0 Å². The van der Waals surface area contributed by atoms with E-state index in [4.69, 9.17) is 4.74 Å². The van der Waals surface area contributed by atoms with Gasteiger partial charge < -0.3 is 15.4 Å². The van der Waals surface area contributed by atoms with Crippen LogP contribution in [0.3, 0.4) is 0 Å². The van der Waals surface area contributed by atoms with Gasteiger partial charge in [-0.2, -0.15) is 0 Å². The third kappa shape index (κ3) is 4.70. The smallest absolute Gasteiger partial charge is 0.315 e. The van der Waals surface area contributed by atoms with Crippen molar-refractivity contribution in [3.8, 4) is 0 Å². The molecule has 0 unspecified atom stereocenters. The fourth-order valence-corrected chi connectivity index (χ4v) is 2.86. The van der Waals surface area contributed by atoms with Gasteiger partial charge in [-0.15, -0.1) is 0 Å². The zero-order valence-electron chi connectivity index (χ0n) is 12.9. The van der Waals surface area contributed by atoms with Gasteiger partial charge in [-0.1, -0.05) is 12.8 Å². The second-order valence-corrected chi connectivity index (χ2v) is 5.62. The largest absolute Gasteiger partial charge is 0.379 e. The van der Waals surface area contributed by atoms with E-state index >= 15 is 0 Å². The maximum Gasteiger partial charge on any atom is 0.315 e. The number of ether oxygens (including phenoxy) is 1. The van der Waals surface area contributed by atoms with Gasteiger partial charge >= 0.3 is 6.03 Å². The minimum absolute atomic E-state index is 0.101. The fourth-order valence-electron chi connectivity index (χ4n) is 2.86. The summed E-state index contributed by atoms with van der Waals surface area (Å²) in [5.41, 5.74) is 2.38. The first-order valence-corrected chi connectivity index (χ1v) is 7.67. The number of hydrogen-bond donors (Lipinski definition) is 2. The van der Waals surface area contributed by atoms with E-state index in [1.54, 1.807) is 13.3 Å². The van der Waals surface area contributed by atoms with Crippen LogP contribution in [0.5, 0.6) is 0 Å². The van der Waals surface area contributed by atoms with Crippen LogP contribution in [0.4, 0.5) is 4.79 Å². The van der Waals surface area contributed by atoms with Gasteiger partial charge in [-0.25, -0.2) is 4.79 Å². The lowest BCUT2D eigenvalue weighted by Crippen LogP contribution is -2.49. The van der Waals surface area contributed by atoms with Crippen LogP contribution in [0.1, 0.15) is 36.8 Å². The molecule has 2 rings (SSSR count). The number of aromatic nitrogens is 1. The number of nitrogens with one attached hydrogen (secondary N) is 2. The number of carbonyl (C=O) groups excluding carboxylic acids is 1. The van der Waals surface area contributed by atoms with Gasteiger partial charge in [0.05, 0.1) is 12.1 Å². The van der Waals surface area contributed by atoms with Crippen LogP contribution in [0, 0.1) is 6.92 Å². The molecule has 0 aliphatic heterocycles. The van der Waals surface area contributed by atoms with E-state index < -0.39 is 0 Å². The van der Waals surface area contributed by atoms with Crippen LogP contribution in [-0.2, 0) is 11.2 Å². The SMILES string of the molecule is CO[C@@H]1CCCC[C@H]1NC(=O)NCCc1ccncc1C. The second-order valence-electron chi connectivity index (χ2n) is 5.62. The molecule has 2 atom stereocenters. The molecule has 1 heterocycles. The van der Waals surface area contributed by atoms with Crippen molar-refractivity contribution in [2.24, 2.45) is 0 Å². The van der Waals surface area contributed by atoms with Gasteiger partial charge in [0.15, 0.2) is 0 Å². The number of pyridine rings is 1. The van der Waals surface area contributed by atoms with Crippen molar-refractivity contribution in [1.29, 1.82) is 0 Å². The lowest BCUT2D eigenvalue weighted by atomic mass is 9.92. The Hall–Kier alpha value is -1.62. The number of hydrogen-bond acceptors (Lipinski definition) is 3. The number of methoxy groups -OCH3 is 1. The topological polar surface area (TPSA) is 63.2 Å². The summed E-state index contributed by atoms with van der Waals surface area (Å²) in [4.78, 5) is 16.0. The van der Waals surface area contributed by atoms with Gasteiger partial charge in [0.2, 0.25) is 0 Å². The summed E-state index contributed by atoms with van der Waals surface area (Å²) in [6.07, 6.45) is 8.95. The van der Waals surface area contributed by atoms with Crippen LogP contribution in [-0.4, -0.2) is 36.8 Å². The quantitative estimate of drug-likeness (QED) is 0.874. The predicted octanol–water partition coefficient (Wildman–Crippen LogP) is 2.19. The van der Waals surface area contributed by atoms with Crippen molar-refractivity contribution in [2.75, 3.05) is 13.7 Å². The lowest BCUT2D eigenvalue weighted by Gasteiger charge is -2.31. The molecule has 1 fully saturated rings. The third-order valence-electron chi connectivity index (χ3n) is 4.14. The molecular weight excluding hydrogens is 266 g/mol. The molecule has 1 aliphatic carbocycles. The van der Waals surface area contributed by atoms with E-state index in [0.29, 0.717) is 6.54 Å². The lowest BCUT2D eigenvalue weighted by molar-refractivity contribution is 0.0452. The van der Waals surface area contributed by atoms with Gasteiger partial charge in [0.25, 0.3) is 0 Å². The van der Waals surface area contributed by atoms with E-state index in [-0.39, 0.29) is 18.2 Å². The van der Waals surface area contributed by atoms with Crippen LogP contribution in [0.25, 0.3) is 0 Å². The van der Waals surface area contributed by atoms with Gasteiger partial charge in [0, 0.05) is 26.0 Å². The highest BCUT2D eigenvalue weighted by Crippen LogP contribution is 2.20. The van der Waals surface area contributed by atoms with Crippen molar-refractivity contribution in [3.05, 3.63) is 29.6 Å². The van der Waals surface area contributed by atoms with E-state index in [0.717, 1.165) is 31.2 Å². The Labute approximate surface area is 126 Å². The first-order valence-electron chi connectivity index (χ1n) is 7.67. The number of urea groups is 1. The zero-order chi connectivity index (χ0) is 15.1. The first-order chi connectivity index (χ1) is 10.2. The summed E-state index contributed by atoms with van der Waals surface area (Å²) < 4.78 is 5.44. The number of nitrogens with zero attached hydrogens (tertiary/aromatic N) is 1. The van der Waals surface area contributed by atoms with Gasteiger partial charge in [-0.3, -0.25) is 4.98 Å². The summed E-state index contributed by atoms with van der Waals surface area (Å²) >= 11 is 0. The summed E-state index contributed by atoms with van der Waals surface area (Å²) in [7, 11) is 1.72. The molecule has 0 bridgehead atoms. The standard InChI is InChI=1S/C16H25N3O2/c1-12-11-17-9-7-13(12)8-10-18-16(20)19-14-5-3-4-6-15(14)21-2/h7,9,11,14-15H,3-6,8,10H2,1-2H3,(H2,18,19,20)/t14-,15-/m1/s1. The van der Waals surface area contributed by atoms with Gasteiger partial charge in [0.1, 0.15) is 0 Å². The maximum absolute atomic E-state index is 12.0. The molecule has 0 radical (unpaired) electrons. The van der Waals surface area contributed by atoms with Gasteiger partial charge in [-0.05, 0) is 43.4 Å². The Morgan fingerprint density at radius 2 is 2.24 bits per heavy atom. The summed E-state index contributed by atoms with van der Waals surface area (Å²) in [5.74, 6) is 0. The van der Waals surface area contributed by atoms with E-state index in [2.05, 4.69) is 15.6 Å². The molecule has 116 valence electrons. The van der Waals surface area contributed by atoms with E-state index in [1.807, 2.05) is 19.2 Å². The Bertz CT molecular complexity index is 465. The van der Waals surface area contributed by atoms with E-state index in [9.17, 15) is 4.79 Å². The average Bonchev–Trinajstić information content (AvgIpc) is 2.50. The highest BCUT2D eigenvalue weighted by atomic mass is 16.5. The molecular formula is C16H25N3O2. The zero-order valence-corrected chi connectivity index (χ0v) is 12.9. The van der Waals surface area contributed by atoms with Crippen molar-refractivity contribution >= 4 is 6.03 Å². The molecule has 1 aliphatic rings. The molecule has 0 spiro atoms. The Morgan fingerprint density at radius 1 is 1.43 bits per heavy atom. The fraction of sp³-hybridized carbons (Fsp3) is 0.625. The van der Waals surface area contributed by atoms with Crippen LogP contribution in [0.2, 0.25) is 0 Å². The molecule has 2 N–H and O–H groups in total. The molecule has 1 aromatic rings. The Balaban J connectivity index is 1.73. The van der Waals surface area contributed by atoms with Crippen LogP contribution < -0.4 is 10.6 Å². The number of carbonyl (C=O) groups is 1. The van der Waals surface area contributed by atoms with Crippen LogP contribution in [0.15, 0.2) is 18.5 Å². The number of rotatable bonds is 5. The molecule has 21 heavy (non-hydrogen) atoms.